The predicted molar refractivity (Wildman–Crippen MR) is 120 cm³/mol. The Morgan fingerprint density at radius 2 is 1.70 bits per heavy atom. The molecule has 1 unspecified atom stereocenters. The van der Waals surface area contributed by atoms with Crippen LogP contribution < -0.4 is 5.32 Å². The van der Waals surface area contributed by atoms with Crippen molar-refractivity contribution in [3.05, 3.63) is 94.5 Å². The number of rotatable bonds is 9. The van der Waals surface area contributed by atoms with E-state index in [0.717, 1.165) is 23.1 Å². The highest BCUT2D eigenvalue weighted by molar-refractivity contribution is 5.96. The zero-order valence-electron chi connectivity index (χ0n) is 18.2. The molecule has 4 heteroatoms. The van der Waals surface area contributed by atoms with Crippen LogP contribution in [0.3, 0.4) is 0 Å². The molecule has 0 spiro atoms. The lowest BCUT2D eigenvalue weighted by Gasteiger charge is -2.18. The number of amides is 1. The van der Waals surface area contributed by atoms with Crippen molar-refractivity contribution in [2.45, 2.75) is 47.0 Å². The number of nitrogens with one attached hydrogen (secondary N) is 1. The van der Waals surface area contributed by atoms with Gasteiger partial charge >= 0.3 is 0 Å². The number of carbonyl (C=O) groups is 2. The van der Waals surface area contributed by atoms with Crippen molar-refractivity contribution in [2.75, 3.05) is 0 Å². The first-order valence-electron chi connectivity index (χ1n) is 10.2. The highest BCUT2D eigenvalue weighted by Gasteiger charge is 2.17. The molecule has 1 N–H and O–H groups in total. The summed E-state index contributed by atoms with van der Waals surface area (Å²) in [5.41, 5.74) is 4.62. The van der Waals surface area contributed by atoms with E-state index in [1.165, 1.54) is 12.1 Å². The van der Waals surface area contributed by atoms with Gasteiger partial charge < -0.3 is 5.32 Å². The van der Waals surface area contributed by atoms with Crippen molar-refractivity contribution in [1.82, 2.24) is 5.32 Å². The van der Waals surface area contributed by atoms with Gasteiger partial charge in [0, 0.05) is 23.2 Å². The molecule has 2 aromatic carbocycles. The van der Waals surface area contributed by atoms with E-state index in [4.69, 9.17) is 0 Å². The van der Waals surface area contributed by atoms with Crippen LogP contribution in [0.2, 0.25) is 0 Å². The number of carbonyl (C=O) groups excluding carboxylic acids is 2. The van der Waals surface area contributed by atoms with E-state index in [1.54, 1.807) is 24.3 Å². The number of Topliss-reactive ketones (excluding diaryl/α,β-unsaturated/α-hetero) is 1. The average Bonchev–Trinajstić information content (AvgIpc) is 2.72. The summed E-state index contributed by atoms with van der Waals surface area (Å²) in [6.07, 6.45) is 1.89. The zero-order chi connectivity index (χ0) is 22.3. The highest BCUT2D eigenvalue weighted by Crippen LogP contribution is 2.25. The quantitative estimate of drug-likeness (QED) is 0.386. The van der Waals surface area contributed by atoms with Crippen molar-refractivity contribution >= 4 is 11.7 Å². The van der Waals surface area contributed by atoms with E-state index in [1.807, 2.05) is 39.8 Å². The molecule has 2 aromatic rings. The molecule has 1 atom stereocenters. The second-order valence-corrected chi connectivity index (χ2v) is 7.82. The van der Waals surface area contributed by atoms with Crippen molar-refractivity contribution in [2.24, 2.45) is 5.92 Å². The molecule has 158 valence electrons. The second kappa shape index (κ2) is 10.7. The normalized spacial score (nSPS) is 12.7. The number of aryl methyl sites for hydroxylation is 1. The first kappa shape index (κ1) is 23.3. The van der Waals surface area contributed by atoms with E-state index in [2.05, 4.69) is 11.9 Å². The van der Waals surface area contributed by atoms with Gasteiger partial charge in [-0.2, -0.15) is 0 Å². The molecule has 0 bridgehead atoms. The van der Waals surface area contributed by atoms with Crippen LogP contribution in [0.4, 0.5) is 4.39 Å². The number of hydrogen-bond acceptors (Lipinski definition) is 2. The average molecular weight is 408 g/mol. The van der Waals surface area contributed by atoms with Gasteiger partial charge in [-0.05, 0) is 62.9 Å². The molecular weight excluding hydrogens is 377 g/mol. The first-order chi connectivity index (χ1) is 14.2. The number of hydrogen-bond donors (Lipinski definition) is 1. The molecular formula is C26H30FNO2. The third-order valence-electron chi connectivity index (χ3n) is 5.46. The number of halogens is 1. The van der Waals surface area contributed by atoms with Crippen LogP contribution in [0, 0.1) is 18.7 Å². The highest BCUT2D eigenvalue weighted by atomic mass is 19.1. The SMILES string of the molecule is C=C(NC(=O)c1ccc(C)cc1)/C(C)=C(\C)CC(CC)CC(=O)c1cccc(F)c1. The Balaban J connectivity index is 2.01. The fraction of sp³-hybridized carbons (Fsp3) is 0.308. The predicted octanol–water partition coefficient (Wildman–Crippen LogP) is 6.40. The van der Waals surface area contributed by atoms with Crippen molar-refractivity contribution in [3.63, 3.8) is 0 Å². The second-order valence-electron chi connectivity index (χ2n) is 7.82. The van der Waals surface area contributed by atoms with Gasteiger partial charge in [0.05, 0.1) is 0 Å². The molecule has 30 heavy (non-hydrogen) atoms. The minimum absolute atomic E-state index is 0.0571. The molecule has 0 aliphatic carbocycles. The lowest BCUT2D eigenvalue weighted by atomic mass is 9.88. The lowest BCUT2D eigenvalue weighted by molar-refractivity contribution is 0.0955. The minimum atomic E-state index is -0.401. The minimum Gasteiger partial charge on any atom is -0.322 e. The Morgan fingerprint density at radius 1 is 1.03 bits per heavy atom. The fourth-order valence-electron chi connectivity index (χ4n) is 3.25. The topological polar surface area (TPSA) is 46.2 Å². The summed E-state index contributed by atoms with van der Waals surface area (Å²) in [4.78, 5) is 25.0. The molecule has 0 aromatic heterocycles. The van der Waals surface area contributed by atoms with Crippen LogP contribution in [-0.2, 0) is 0 Å². The van der Waals surface area contributed by atoms with E-state index >= 15 is 0 Å². The van der Waals surface area contributed by atoms with Crippen molar-refractivity contribution in [3.8, 4) is 0 Å². The molecule has 0 aliphatic rings. The van der Waals surface area contributed by atoms with Crippen LogP contribution in [0.1, 0.15) is 66.3 Å². The maximum atomic E-state index is 13.4. The van der Waals surface area contributed by atoms with E-state index in [9.17, 15) is 14.0 Å². The summed E-state index contributed by atoms with van der Waals surface area (Å²) >= 11 is 0. The molecule has 1 amide bonds. The van der Waals surface area contributed by atoms with Gasteiger partial charge in [0.1, 0.15) is 5.82 Å². The van der Waals surface area contributed by atoms with Gasteiger partial charge in [-0.1, -0.05) is 55.3 Å². The maximum Gasteiger partial charge on any atom is 0.255 e. The summed E-state index contributed by atoms with van der Waals surface area (Å²) < 4.78 is 13.4. The van der Waals surface area contributed by atoms with Gasteiger partial charge in [-0.3, -0.25) is 9.59 Å². The van der Waals surface area contributed by atoms with E-state index < -0.39 is 5.82 Å². The van der Waals surface area contributed by atoms with Crippen LogP contribution in [-0.4, -0.2) is 11.7 Å². The van der Waals surface area contributed by atoms with Crippen LogP contribution >= 0.6 is 0 Å². The summed E-state index contributed by atoms with van der Waals surface area (Å²) in [6.45, 7) is 11.9. The molecule has 3 nitrogen and oxygen atoms in total. The number of allylic oxidation sites excluding steroid dienone is 2. The summed E-state index contributed by atoms with van der Waals surface area (Å²) in [5, 5.41) is 2.86. The molecule has 0 fully saturated rings. The maximum absolute atomic E-state index is 13.4. The fourth-order valence-corrected chi connectivity index (χ4v) is 3.25. The Labute approximate surface area is 178 Å². The van der Waals surface area contributed by atoms with Crippen molar-refractivity contribution in [1.29, 1.82) is 0 Å². The number of ketones is 1. The summed E-state index contributed by atoms with van der Waals surface area (Å²) in [7, 11) is 0. The van der Waals surface area contributed by atoms with Crippen LogP contribution in [0.5, 0.6) is 0 Å². The first-order valence-corrected chi connectivity index (χ1v) is 10.2. The monoisotopic (exact) mass is 407 g/mol. The Morgan fingerprint density at radius 3 is 2.30 bits per heavy atom. The Bertz CT molecular complexity index is 957. The molecule has 0 saturated heterocycles. The summed E-state index contributed by atoms with van der Waals surface area (Å²) in [5.74, 6) is -0.517. The van der Waals surface area contributed by atoms with Gasteiger partial charge in [0.15, 0.2) is 5.78 Å². The van der Waals surface area contributed by atoms with Crippen molar-refractivity contribution < 1.29 is 14.0 Å². The van der Waals surface area contributed by atoms with Crippen LogP contribution in [0.15, 0.2) is 72.0 Å². The van der Waals surface area contributed by atoms with Gasteiger partial charge in [-0.25, -0.2) is 4.39 Å². The molecule has 0 aliphatic heterocycles. The standard InChI is InChI=1S/C26H30FNO2/c1-6-21(15-25(29)23-8-7-9-24(27)16-23)14-18(3)19(4)20(5)28-26(30)22-12-10-17(2)11-13-22/h7-13,16,21H,5-6,14-15H2,1-4H3,(H,28,30)/b19-18+. The van der Waals surface area contributed by atoms with Gasteiger partial charge in [0.2, 0.25) is 0 Å². The largest absolute Gasteiger partial charge is 0.322 e. The molecule has 0 heterocycles. The smallest absolute Gasteiger partial charge is 0.255 e. The van der Waals surface area contributed by atoms with Crippen LogP contribution in [0.25, 0.3) is 0 Å². The number of benzene rings is 2. The third-order valence-corrected chi connectivity index (χ3v) is 5.46. The Kier molecular flexibility index (Phi) is 8.28. The van der Waals surface area contributed by atoms with Gasteiger partial charge in [0.25, 0.3) is 5.91 Å². The van der Waals surface area contributed by atoms with Gasteiger partial charge in [-0.15, -0.1) is 0 Å². The van der Waals surface area contributed by atoms with E-state index in [0.29, 0.717) is 29.7 Å². The van der Waals surface area contributed by atoms with E-state index in [-0.39, 0.29) is 17.6 Å². The lowest BCUT2D eigenvalue weighted by Crippen LogP contribution is -2.23. The third kappa shape index (κ3) is 6.51. The molecule has 2 rings (SSSR count). The summed E-state index contributed by atoms with van der Waals surface area (Å²) in [6, 6.07) is 13.2. The zero-order valence-corrected chi connectivity index (χ0v) is 18.2. The Hall–Kier alpha value is -3.01. The molecule has 0 radical (unpaired) electrons. The molecule has 0 saturated carbocycles.